The molecule has 5 nitrogen and oxygen atoms in total. The van der Waals surface area contributed by atoms with Crippen molar-refractivity contribution in [3.8, 4) is 0 Å². The van der Waals surface area contributed by atoms with Crippen LogP contribution < -0.4 is 0 Å². The number of thiol groups is 1. The molecule has 2 aromatic rings. The fraction of sp³-hybridized carbons (Fsp3) is 0.214. The molecule has 1 aliphatic rings. The maximum atomic E-state index is 12.2. The van der Waals surface area contributed by atoms with Crippen LogP contribution in [-0.4, -0.2) is 33.2 Å². The SMILES string of the molecule is O=C1c2ccccc2C(=O)N1CCC(S)c1ncc[nH]1. The van der Waals surface area contributed by atoms with E-state index in [0.717, 1.165) is 5.82 Å². The van der Waals surface area contributed by atoms with E-state index in [1.165, 1.54) is 4.90 Å². The highest BCUT2D eigenvalue weighted by atomic mass is 32.1. The highest BCUT2D eigenvalue weighted by Crippen LogP contribution is 2.25. The predicted molar refractivity (Wildman–Crippen MR) is 76.7 cm³/mol. The van der Waals surface area contributed by atoms with Crippen molar-refractivity contribution in [2.75, 3.05) is 6.54 Å². The van der Waals surface area contributed by atoms with Crippen molar-refractivity contribution in [1.29, 1.82) is 0 Å². The van der Waals surface area contributed by atoms with E-state index in [-0.39, 0.29) is 17.1 Å². The largest absolute Gasteiger partial charge is 0.348 e. The van der Waals surface area contributed by atoms with Gasteiger partial charge in [0.2, 0.25) is 0 Å². The standard InChI is InChI=1S/C14H13N3O2S/c18-13-9-3-1-2-4-10(9)14(19)17(13)8-5-11(20)12-15-6-7-16-12/h1-4,6-7,11,20H,5,8H2,(H,15,16). The van der Waals surface area contributed by atoms with Gasteiger partial charge in [-0.05, 0) is 18.6 Å². The number of carbonyl (C=O) groups excluding carboxylic acids is 2. The van der Waals surface area contributed by atoms with Crippen LogP contribution in [0.15, 0.2) is 36.7 Å². The van der Waals surface area contributed by atoms with Gasteiger partial charge in [-0.15, -0.1) is 0 Å². The van der Waals surface area contributed by atoms with Crippen LogP contribution in [0.4, 0.5) is 0 Å². The highest BCUT2D eigenvalue weighted by Gasteiger charge is 2.34. The molecule has 0 radical (unpaired) electrons. The van der Waals surface area contributed by atoms with Crippen molar-refractivity contribution in [1.82, 2.24) is 14.9 Å². The minimum Gasteiger partial charge on any atom is -0.348 e. The zero-order valence-corrected chi connectivity index (χ0v) is 11.5. The number of nitrogens with zero attached hydrogens (tertiary/aromatic N) is 2. The fourth-order valence-corrected chi connectivity index (χ4v) is 2.55. The Balaban J connectivity index is 1.71. The van der Waals surface area contributed by atoms with Crippen LogP contribution in [0.25, 0.3) is 0 Å². The molecule has 6 heteroatoms. The van der Waals surface area contributed by atoms with E-state index in [2.05, 4.69) is 22.6 Å². The first-order valence-electron chi connectivity index (χ1n) is 6.31. The summed E-state index contributed by atoms with van der Waals surface area (Å²) in [6.45, 7) is 0.335. The topological polar surface area (TPSA) is 66.1 Å². The van der Waals surface area contributed by atoms with E-state index in [1.54, 1.807) is 36.7 Å². The van der Waals surface area contributed by atoms with E-state index >= 15 is 0 Å². The molecule has 1 atom stereocenters. The van der Waals surface area contributed by atoms with Gasteiger partial charge in [0.1, 0.15) is 5.82 Å². The van der Waals surface area contributed by atoms with E-state index in [4.69, 9.17) is 0 Å². The first-order chi connectivity index (χ1) is 9.68. The second-order valence-corrected chi connectivity index (χ2v) is 5.21. The number of H-pyrrole nitrogens is 1. The van der Waals surface area contributed by atoms with E-state index < -0.39 is 0 Å². The molecule has 1 aromatic carbocycles. The van der Waals surface area contributed by atoms with E-state index in [0.29, 0.717) is 24.1 Å². The Hall–Kier alpha value is -2.08. The van der Waals surface area contributed by atoms with Crippen molar-refractivity contribution in [2.45, 2.75) is 11.7 Å². The summed E-state index contributed by atoms with van der Waals surface area (Å²) < 4.78 is 0. The number of imidazole rings is 1. The normalized spacial score (nSPS) is 15.6. The first kappa shape index (κ1) is 12.9. The number of fused-ring (bicyclic) bond motifs is 1. The Labute approximate surface area is 121 Å². The van der Waals surface area contributed by atoms with Crippen LogP contribution in [0.3, 0.4) is 0 Å². The third-order valence-electron chi connectivity index (χ3n) is 3.34. The number of carbonyl (C=O) groups is 2. The lowest BCUT2D eigenvalue weighted by Gasteiger charge is -2.15. The maximum absolute atomic E-state index is 12.2. The van der Waals surface area contributed by atoms with Gasteiger partial charge in [-0.3, -0.25) is 14.5 Å². The van der Waals surface area contributed by atoms with Crippen molar-refractivity contribution in [2.24, 2.45) is 0 Å². The predicted octanol–water partition coefficient (Wildman–Crippen LogP) is 2.07. The average Bonchev–Trinajstić information content (AvgIpc) is 3.07. The lowest BCUT2D eigenvalue weighted by atomic mass is 10.1. The number of nitrogens with one attached hydrogen (secondary N) is 1. The Morgan fingerprint density at radius 2 is 1.85 bits per heavy atom. The van der Waals surface area contributed by atoms with Gasteiger partial charge in [-0.25, -0.2) is 4.98 Å². The van der Waals surface area contributed by atoms with Crippen LogP contribution in [0, 0.1) is 0 Å². The van der Waals surface area contributed by atoms with Crippen LogP contribution in [0.1, 0.15) is 38.2 Å². The summed E-state index contributed by atoms with van der Waals surface area (Å²) in [6, 6.07) is 6.89. The third kappa shape index (κ3) is 2.12. The molecule has 1 aliphatic heterocycles. The lowest BCUT2D eigenvalue weighted by Crippen LogP contribution is -2.31. The zero-order chi connectivity index (χ0) is 14.1. The Kier molecular flexibility index (Phi) is 3.31. The molecule has 0 saturated heterocycles. The second kappa shape index (κ2) is 5.13. The molecule has 1 N–H and O–H groups in total. The van der Waals surface area contributed by atoms with E-state index in [9.17, 15) is 9.59 Å². The monoisotopic (exact) mass is 287 g/mol. The summed E-state index contributed by atoms with van der Waals surface area (Å²) in [7, 11) is 0. The first-order valence-corrected chi connectivity index (χ1v) is 6.82. The summed E-state index contributed by atoms with van der Waals surface area (Å²) >= 11 is 4.44. The van der Waals surface area contributed by atoms with Gasteiger partial charge >= 0.3 is 0 Å². The number of imide groups is 1. The molecule has 1 unspecified atom stereocenters. The quantitative estimate of drug-likeness (QED) is 0.668. The number of aromatic amines is 1. The maximum Gasteiger partial charge on any atom is 0.261 e. The van der Waals surface area contributed by atoms with Gasteiger partial charge in [0, 0.05) is 18.9 Å². The van der Waals surface area contributed by atoms with Crippen molar-refractivity contribution >= 4 is 24.4 Å². The summed E-state index contributed by atoms with van der Waals surface area (Å²) in [6.07, 6.45) is 3.93. The van der Waals surface area contributed by atoms with Crippen molar-refractivity contribution in [3.63, 3.8) is 0 Å². The molecule has 102 valence electrons. The van der Waals surface area contributed by atoms with Crippen LogP contribution in [0.5, 0.6) is 0 Å². The van der Waals surface area contributed by atoms with Crippen LogP contribution >= 0.6 is 12.6 Å². The smallest absolute Gasteiger partial charge is 0.261 e. The molecule has 0 spiro atoms. The molecule has 1 aromatic heterocycles. The molecular formula is C14H13N3O2S. The van der Waals surface area contributed by atoms with Gasteiger partial charge in [0.05, 0.1) is 16.4 Å². The molecule has 0 aliphatic carbocycles. The molecule has 2 amide bonds. The number of benzene rings is 1. The minimum atomic E-state index is -0.231. The summed E-state index contributed by atoms with van der Waals surface area (Å²) in [5.41, 5.74) is 0.956. The Morgan fingerprint density at radius 1 is 1.20 bits per heavy atom. The average molecular weight is 287 g/mol. The Morgan fingerprint density at radius 3 is 2.40 bits per heavy atom. The van der Waals surface area contributed by atoms with Crippen molar-refractivity contribution < 1.29 is 9.59 Å². The number of aromatic nitrogens is 2. The van der Waals surface area contributed by atoms with Gasteiger partial charge in [-0.1, -0.05) is 12.1 Å². The van der Waals surface area contributed by atoms with Gasteiger partial charge in [0.25, 0.3) is 11.8 Å². The fourth-order valence-electron chi connectivity index (χ4n) is 2.29. The second-order valence-electron chi connectivity index (χ2n) is 4.59. The molecule has 0 saturated carbocycles. The van der Waals surface area contributed by atoms with Gasteiger partial charge < -0.3 is 4.98 Å². The number of hydrogen-bond donors (Lipinski definition) is 2. The minimum absolute atomic E-state index is 0.130. The van der Waals surface area contributed by atoms with Crippen LogP contribution in [0.2, 0.25) is 0 Å². The summed E-state index contributed by atoms with van der Waals surface area (Å²) in [5.74, 6) is 0.279. The van der Waals surface area contributed by atoms with Gasteiger partial charge in [-0.2, -0.15) is 12.6 Å². The molecule has 20 heavy (non-hydrogen) atoms. The van der Waals surface area contributed by atoms with Crippen molar-refractivity contribution in [3.05, 3.63) is 53.6 Å². The lowest BCUT2D eigenvalue weighted by molar-refractivity contribution is 0.0652. The number of hydrogen-bond acceptors (Lipinski definition) is 4. The number of amides is 2. The molecular weight excluding hydrogens is 274 g/mol. The summed E-state index contributed by atoms with van der Waals surface area (Å²) in [5, 5.41) is -0.130. The van der Waals surface area contributed by atoms with Gasteiger partial charge in [0.15, 0.2) is 0 Å². The van der Waals surface area contributed by atoms with E-state index in [1.807, 2.05) is 0 Å². The molecule has 3 rings (SSSR count). The highest BCUT2D eigenvalue weighted by molar-refractivity contribution is 7.80. The number of rotatable bonds is 4. The molecule has 0 fully saturated rings. The van der Waals surface area contributed by atoms with Crippen LogP contribution in [-0.2, 0) is 0 Å². The third-order valence-corrected chi connectivity index (χ3v) is 3.84. The Bertz CT molecular complexity index is 619. The molecule has 0 bridgehead atoms. The summed E-state index contributed by atoms with van der Waals surface area (Å²) in [4.78, 5) is 32.7. The molecule has 2 heterocycles. The zero-order valence-electron chi connectivity index (χ0n) is 10.6.